The number of nitrogens with zero attached hydrogens (tertiary/aromatic N) is 3. The minimum Gasteiger partial charge on any atom is -0.497 e. The van der Waals surface area contributed by atoms with Crippen LogP contribution in [0.3, 0.4) is 0 Å². The lowest BCUT2D eigenvalue weighted by molar-refractivity contribution is -0.126. The van der Waals surface area contributed by atoms with E-state index in [1.807, 2.05) is 12.1 Å². The number of methoxy groups -OCH3 is 1. The fraction of sp³-hybridized carbons (Fsp3) is 0.368. The number of carbonyl (C=O) groups excluding carboxylic acids is 2. The van der Waals surface area contributed by atoms with Gasteiger partial charge in [0.2, 0.25) is 11.8 Å². The molecular weight excluding hydrogens is 348 g/mol. The van der Waals surface area contributed by atoms with Gasteiger partial charge in [0.1, 0.15) is 5.75 Å². The van der Waals surface area contributed by atoms with Crippen molar-refractivity contribution in [2.45, 2.75) is 19.9 Å². The molecule has 8 nitrogen and oxygen atoms in total. The first-order valence-corrected chi connectivity index (χ1v) is 8.73. The third-order valence-electron chi connectivity index (χ3n) is 4.53. The average molecular weight is 370 g/mol. The largest absolute Gasteiger partial charge is 0.497 e. The third-order valence-corrected chi connectivity index (χ3v) is 4.53. The van der Waals surface area contributed by atoms with E-state index in [0.29, 0.717) is 36.8 Å². The standard InChI is InChI=1S/C19H22N4O4/c1-13-8-17(24)22(12-21-13)7-6-20-19(26)14-9-18(25)23(11-14)15-4-3-5-16(10-15)27-2/h3-5,8,10,12,14H,6-7,9,11H2,1-2H3,(H,20,26). The Morgan fingerprint density at radius 2 is 2.15 bits per heavy atom. The van der Waals surface area contributed by atoms with Gasteiger partial charge in [-0.25, -0.2) is 4.98 Å². The van der Waals surface area contributed by atoms with Crippen molar-refractivity contribution in [3.8, 4) is 5.75 Å². The van der Waals surface area contributed by atoms with Gasteiger partial charge in [0.05, 0.1) is 19.4 Å². The number of aryl methyl sites for hydroxylation is 1. The van der Waals surface area contributed by atoms with Crippen LogP contribution in [0.4, 0.5) is 5.69 Å². The molecule has 0 aliphatic carbocycles. The van der Waals surface area contributed by atoms with Crippen molar-refractivity contribution in [3.05, 3.63) is 52.7 Å². The molecule has 8 heteroatoms. The van der Waals surface area contributed by atoms with E-state index in [2.05, 4.69) is 10.3 Å². The molecule has 0 spiro atoms. The van der Waals surface area contributed by atoms with Crippen molar-refractivity contribution in [1.29, 1.82) is 0 Å². The summed E-state index contributed by atoms with van der Waals surface area (Å²) in [5.41, 5.74) is 1.21. The molecule has 142 valence electrons. The average Bonchev–Trinajstić information content (AvgIpc) is 3.05. The number of benzene rings is 1. The van der Waals surface area contributed by atoms with E-state index in [4.69, 9.17) is 4.74 Å². The van der Waals surface area contributed by atoms with Gasteiger partial charge in [0.15, 0.2) is 0 Å². The highest BCUT2D eigenvalue weighted by atomic mass is 16.5. The summed E-state index contributed by atoms with van der Waals surface area (Å²) in [5, 5.41) is 2.80. The maximum absolute atomic E-state index is 12.4. The van der Waals surface area contributed by atoms with E-state index in [-0.39, 0.29) is 23.8 Å². The van der Waals surface area contributed by atoms with E-state index in [1.165, 1.54) is 17.0 Å². The van der Waals surface area contributed by atoms with E-state index in [0.717, 1.165) is 0 Å². The molecule has 1 aliphatic rings. The zero-order chi connectivity index (χ0) is 19.4. The summed E-state index contributed by atoms with van der Waals surface area (Å²) >= 11 is 0. The molecule has 1 unspecified atom stereocenters. The Morgan fingerprint density at radius 1 is 1.33 bits per heavy atom. The fourth-order valence-electron chi connectivity index (χ4n) is 3.04. The topological polar surface area (TPSA) is 93.5 Å². The first-order chi connectivity index (χ1) is 13.0. The van der Waals surface area contributed by atoms with E-state index >= 15 is 0 Å². The van der Waals surface area contributed by atoms with Gasteiger partial charge in [-0.05, 0) is 19.1 Å². The molecule has 1 atom stereocenters. The molecule has 0 radical (unpaired) electrons. The highest BCUT2D eigenvalue weighted by Gasteiger charge is 2.35. The molecule has 0 saturated carbocycles. The van der Waals surface area contributed by atoms with Crippen molar-refractivity contribution in [1.82, 2.24) is 14.9 Å². The Labute approximate surface area is 156 Å². The van der Waals surface area contributed by atoms with Crippen LogP contribution < -0.4 is 20.5 Å². The van der Waals surface area contributed by atoms with Crippen LogP contribution >= 0.6 is 0 Å². The number of rotatable bonds is 6. The van der Waals surface area contributed by atoms with Gasteiger partial charge in [-0.1, -0.05) is 6.07 Å². The number of aromatic nitrogens is 2. The predicted octanol–water partition coefficient (Wildman–Crippen LogP) is 0.730. The summed E-state index contributed by atoms with van der Waals surface area (Å²) < 4.78 is 6.63. The van der Waals surface area contributed by atoms with Crippen LogP contribution in [0.5, 0.6) is 5.75 Å². The van der Waals surface area contributed by atoms with Gasteiger partial charge in [0.25, 0.3) is 5.56 Å². The van der Waals surface area contributed by atoms with Gasteiger partial charge in [0, 0.05) is 49.6 Å². The van der Waals surface area contributed by atoms with Crippen LogP contribution in [-0.4, -0.2) is 41.6 Å². The molecule has 1 aromatic heterocycles. The smallest absolute Gasteiger partial charge is 0.253 e. The van der Waals surface area contributed by atoms with E-state index in [9.17, 15) is 14.4 Å². The van der Waals surface area contributed by atoms with Gasteiger partial charge < -0.3 is 15.0 Å². The molecule has 0 bridgehead atoms. The number of hydrogen-bond acceptors (Lipinski definition) is 5. The normalized spacial score (nSPS) is 16.4. The lowest BCUT2D eigenvalue weighted by Crippen LogP contribution is -2.36. The second-order valence-electron chi connectivity index (χ2n) is 6.46. The van der Waals surface area contributed by atoms with Crippen LogP contribution in [0.1, 0.15) is 12.1 Å². The predicted molar refractivity (Wildman–Crippen MR) is 99.7 cm³/mol. The summed E-state index contributed by atoms with van der Waals surface area (Å²) in [4.78, 5) is 42.2. The van der Waals surface area contributed by atoms with E-state index in [1.54, 1.807) is 31.1 Å². The van der Waals surface area contributed by atoms with Crippen LogP contribution in [0.25, 0.3) is 0 Å². The molecule has 2 aromatic rings. The number of ether oxygens (including phenoxy) is 1. The number of carbonyl (C=O) groups is 2. The highest BCUT2D eigenvalue weighted by Crippen LogP contribution is 2.27. The van der Waals surface area contributed by atoms with Crippen molar-refractivity contribution in [2.75, 3.05) is 25.1 Å². The molecule has 3 rings (SSSR count). The Bertz CT molecular complexity index is 909. The molecule has 2 heterocycles. The number of amides is 2. The Hall–Kier alpha value is -3.16. The molecule has 1 saturated heterocycles. The number of nitrogens with one attached hydrogen (secondary N) is 1. The van der Waals surface area contributed by atoms with Crippen LogP contribution in [0.2, 0.25) is 0 Å². The first-order valence-electron chi connectivity index (χ1n) is 8.73. The molecule has 1 aliphatic heterocycles. The molecule has 1 aromatic carbocycles. The molecule has 1 N–H and O–H groups in total. The van der Waals surface area contributed by atoms with Crippen molar-refractivity contribution < 1.29 is 14.3 Å². The summed E-state index contributed by atoms with van der Waals surface area (Å²) in [6.45, 7) is 2.70. The maximum Gasteiger partial charge on any atom is 0.253 e. The van der Waals surface area contributed by atoms with Gasteiger partial charge in [-0.3, -0.25) is 19.0 Å². The third kappa shape index (κ3) is 4.33. The Balaban J connectivity index is 1.56. The van der Waals surface area contributed by atoms with Crippen molar-refractivity contribution in [3.63, 3.8) is 0 Å². The molecule has 2 amide bonds. The SMILES string of the molecule is COc1cccc(N2CC(C(=O)NCCn3cnc(C)cc3=O)CC2=O)c1. The highest BCUT2D eigenvalue weighted by molar-refractivity contribution is 6.00. The maximum atomic E-state index is 12.4. The summed E-state index contributed by atoms with van der Waals surface area (Å²) in [5.74, 6) is -0.0499. The first kappa shape index (κ1) is 18.6. The van der Waals surface area contributed by atoms with Crippen molar-refractivity contribution >= 4 is 17.5 Å². The van der Waals surface area contributed by atoms with Gasteiger partial charge in [-0.15, -0.1) is 0 Å². The Kier molecular flexibility index (Phi) is 5.54. The second-order valence-corrected chi connectivity index (χ2v) is 6.46. The van der Waals surface area contributed by atoms with Gasteiger partial charge in [-0.2, -0.15) is 0 Å². The molecular formula is C19H22N4O4. The summed E-state index contributed by atoms with van der Waals surface area (Å²) in [7, 11) is 1.57. The second kappa shape index (κ2) is 8.03. The number of hydrogen-bond donors (Lipinski definition) is 1. The zero-order valence-electron chi connectivity index (χ0n) is 15.3. The quantitative estimate of drug-likeness (QED) is 0.809. The Morgan fingerprint density at radius 3 is 2.89 bits per heavy atom. The fourth-order valence-corrected chi connectivity index (χ4v) is 3.04. The number of anilines is 1. The molecule has 27 heavy (non-hydrogen) atoms. The van der Waals surface area contributed by atoms with Crippen LogP contribution in [0, 0.1) is 12.8 Å². The van der Waals surface area contributed by atoms with Gasteiger partial charge >= 0.3 is 0 Å². The van der Waals surface area contributed by atoms with Crippen LogP contribution in [-0.2, 0) is 16.1 Å². The summed E-state index contributed by atoms with van der Waals surface area (Å²) in [6, 6.07) is 8.65. The zero-order valence-corrected chi connectivity index (χ0v) is 15.3. The van der Waals surface area contributed by atoms with Crippen molar-refractivity contribution in [2.24, 2.45) is 5.92 Å². The monoisotopic (exact) mass is 370 g/mol. The lowest BCUT2D eigenvalue weighted by Gasteiger charge is -2.17. The minimum atomic E-state index is -0.420. The van der Waals surface area contributed by atoms with Crippen LogP contribution in [0.15, 0.2) is 41.5 Å². The lowest BCUT2D eigenvalue weighted by atomic mass is 10.1. The summed E-state index contributed by atoms with van der Waals surface area (Å²) in [6.07, 6.45) is 1.63. The van der Waals surface area contributed by atoms with E-state index < -0.39 is 5.92 Å². The molecule has 1 fully saturated rings. The minimum absolute atomic E-state index is 0.0950.